The van der Waals surface area contributed by atoms with Crippen molar-refractivity contribution in [3.8, 4) is 0 Å². The molecule has 0 aliphatic heterocycles. The molecule has 2 aromatic rings. The summed E-state index contributed by atoms with van der Waals surface area (Å²) in [6.07, 6.45) is -2.38. The number of halogens is 5. The lowest BCUT2D eigenvalue weighted by molar-refractivity contribution is -0.127. The molecule has 2 rings (SSSR count). The summed E-state index contributed by atoms with van der Waals surface area (Å²) in [4.78, 5) is 8.27. The van der Waals surface area contributed by atoms with Crippen LogP contribution in [0.4, 0.5) is 19.1 Å². The van der Waals surface area contributed by atoms with Crippen LogP contribution in [0.15, 0.2) is 17.3 Å². The lowest BCUT2D eigenvalue weighted by atomic mass is 10.2. The van der Waals surface area contributed by atoms with Gasteiger partial charge in [-0.3, -0.25) is 9.40 Å². The van der Waals surface area contributed by atoms with E-state index in [4.69, 9.17) is 23.2 Å². The molecule has 0 amide bonds. The second-order valence-electron chi connectivity index (χ2n) is 3.95. The normalized spacial score (nSPS) is 11.7. The third-order valence-electron chi connectivity index (χ3n) is 2.22. The largest absolute Gasteiger partial charge is 0.393 e. The van der Waals surface area contributed by atoms with Crippen molar-refractivity contribution in [3.63, 3.8) is 0 Å². The van der Waals surface area contributed by atoms with Gasteiger partial charge in [0.1, 0.15) is 10.3 Å². The van der Waals surface area contributed by atoms with Gasteiger partial charge in [-0.25, -0.2) is 9.97 Å². The van der Waals surface area contributed by atoms with Gasteiger partial charge in [0.05, 0.1) is 17.5 Å². The highest BCUT2D eigenvalue weighted by Crippen LogP contribution is 2.31. The molecule has 114 valence electrons. The Bertz CT molecular complexity index is 623. The minimum Gasteiger partial charge on any atom is -0.294 e. The van der Waals surface area contributed by atoms with Crippen LogP contribution < -0.4 is 4.72 Å². The van der Waals surface area contributed by atoms with Gasteiger partial charge >= 0.3 is 6.18 Å². The molecule has 0 atom stereocenters. The maximum absolute atomic E-state index is 12.4. The summed E-state index contributed by atoms with van der Waals surface area (Å²) in [5.74, 6) is 0.0183. The first-order valence-electron chi connectivity index (χ1n) is 5.45. The van der Waals surface area contributed by atoms with Gasteiger partial charge in [0.15, 0.2) is 0 Å². The van der Waals surface area contributed by atoms with Crippen LogP contribution in [0, 0.1) is 0 Å². The fourth-order valence-electron chi connectivity index (χ4n) is 1.38. The van der Waals surface area contributed by atoms with Gasteiger partial charge in [-0.15, -0.1) is 0 Å². The van der Waals surface area contributed by atoms with Crippen molar-refractivity contribution in [2.75, 3.05) is 4.72 Å². The Morgan fingerprint density at radius 2 is 1.90 bits per heavy atom. The van der Waals surface area contributed by atoms with E-state index in [9.17, 15) is 13.2 Å². The minimum atomic E-state index is -4.43. The van der Waals surface area contributed by atoms with E-state index in [2.05, 4.69) is 19.8 Å². The zero-order chi connectivity index (χ0) is 15.6. The number of aryl methyl sites for hydroxylation is 1. The maximum Gasteiger partial charge on any atom is 0.393 e. The zero-order valence-electron chi connectivity index (χ0n) is 10.4. The molecule has 0 bridgehead atoms. The molecule has 0 spiro atoms. The van der Waals surface area contributed by atoms with E-state index < -0.39 is 12.6 Å². The highest BCUT2D eigenvalue weighted by molar-refractivity contribution is 8.00. The molecular weight excluding hydrogens is 350 g/mol. The van der Waals surface area contributed by atoms with E-state index in [1.807, 2.05) is 0 Å². The third kappa shape index (κ3) is 4.65. The van der Waals surface area contributed by atoms with Crippen molar-refractivity contribution in [3.05, 3.63) is 28.3 Å². The predicted molar refractivity (Wildman–Crippen MR) is 74.5 cm³/mol. The summed E-state index contributed by atoms with van der Waals surface area (Å²) in [5.41, 5.74) is -0.345. The first-order chi connectivity index (χ1) is 9.74. The van der Waals surface area contributed by atoms with Crippen LogP contribution in [0.5, 0.6) is 0 Å². The summed E-state index contributed by atoms with van der Waals surface area (Å²) in [6, 6.07) is 0. The van der Waals surface area contributed by atoms with Crippen LogP contribution in [-0.2, 0) is 13.5 Å². The van der Waals surface area contributed by atoms with Crippen LogP contribution in [0.1, 0.15) is 5.56 Å². The average molecular weight is 358 g/mol. The van der Waals surface area contributed by atoms with Crippen molar-refractivity contribution >= 4 is 41.1 Å². The molecule has 2 heterocycles. The van der Waals surface area contributed by atoms with Crippen molar-refractivity contribution in [2.24, 2.45) is 7.05 Å². The van der Waals surface area contributed by atoms with Crippen molar-refractivity contribution in [2.45, 2.75) is 17.5 Å². The number of nitrogens with one attached hydrogen (secondary N) is 1. The smallest absolute Gasteiger partial charge is 0.294 e. The number of hydrogen-bond acceptors (Lipinski definition) is 5. The molecule has 0 saturated heterocycles. The Morgan fingerprint density at radius 3 is 2.38 bits per heavy atom. The molecule has 0 fully saturated rings. The Hall–Kier alpha value is -1.19. The van der Waals surface area contributed by atoms with E-state index in [0.29, 0.717) is 0 Å². The Balaban J connectivity index is 2.12. The lowest BCUT2D eigenvalue weighted by Crippen LogP contribution is -2.13. The van der Waals surface area contributed by atoms with E-state index in [-0.39, 0.29) is 21.8 Å². The summed E-state index contributed by atoms with van der Waals surface area (Å²) in [5, 5.41) is 3.29. The quantitative estimate of drug-likeness (QED) is 0.667. The fourth-order valence-corrected chi connectivity index (χ4v) is 2.51. The molecule has 11 heteroatoms. The van der Waals surface area contributed by atoms with Gasteiger partial charge in [-0.1, -0.05) is 23.2 Å². The van der Waals surface area contributed by atoms with E-state index >= 15 is 0 Å². The lowest BCUT2D eigenvalue weighted by Gasteiger charge is -2.10. The third-order valence-corrected chi connectivity index (χ3v) is 3.58. The Kier molecular flexibility index (Phi) is 4.84. The average Bonchev–Trinajstić information content (AvgIpc) is 2.76. The molecule has 21 heavy (non-hydrogen) atoms. The fraction of sp³-hybridized carbons (Fsp3) is 0.300. The first kappa shape index (κ1) is 16.2. The van der Waals surface area contributed by atoms with E-state index in [0.717, 1.165) is 16.8 Å². The number of anilines is 1. The first-order valence-corrected chi connectivity index (χ1v) is 7.02. The van der Waals surface area contributed by atoms with Gasteiger partial charge in [0.25, 0.3) is 0 Å². The highest BCUT2D eigenvalue weighted by Gasteiger charge is 2.31. The number of alkyl halides is 3. The topological polar surface area (TPSA) is 55.6 Å². The molecule has 1 N–H and O–H groups in total. The van der Waals surface area contributed by atoms with Gasteiger partial charge < -0.3 is 0 Å². The summed E-state index contributed by atoms with van der Waals surface area (Å²) in [6.45, 7) is 0. The van der Waals surface area contributed by atoms with Crippen molar-refractivity contribution < 1.29 is 13.2 Å². The van der Waals surface area contributed by atoms with Gasteiger partial charge in [-0.05, 0) is 11.9 Å². The molecular formula is C10H8Cl2F3N5S. The van der Waals surface area contributed by atoms with Gasteiger partial charge in [-0.2, -0.15) is 18.3 Å². The molecule has 0 unspecified atom stereocenters. The number of nitrogens with zero attached hydrogens (tertiary/aromatic N) is 4. The standard InChI is InChI=1S/C10H8Cl2F3N5S/c1-20-4-5(3-16-20)21-19-9-17-7(11)6(8(12)18-9)2-10(13,14)15/h3-4H,2H2,1H3,(H,17,18,19). The molecule has 0 saturated carbocycles. The Morgan fingerprint density at radius 1 is 1.29 bits per heavy atom. The molecule has 0 aliphatic carbocycles. The number of aromatic nitrogens is 4. The van der Waals surface area contributed by atoms with Crippen LogP contribution >= 0.6 is 35.1 Å². The van der Waals surface area contributed by atoms with Crippen LogP contribution in [0.25, 0.3) is 0 Å². The second-order valence-corrected chi connectivity index (χ2v) is 5.55. The maximum atomic E-state index is 12.4. The Labute approximate surface area is 132 Å². The molecule has 0 aromatic carbocycles. The van der Waals surface area contributed by atoms with E-state index in [1.54, 1.807) is 24.1 Å². The highest BCUT2D eigenvalue weighted by atomic mass is 35.5. The second kappa shape index (κ2) is 6.29. The molecule has 0 aliphatic rings. The molecule has 0 radical (unpaired) electrons. The van der Waals surface area contributed by atoms with Crippen molar-refractivity contribution in [1.29, 1.82) is 0 Å². The molecule has 2 aromatic heterocycles. The number of rotatable bonds is 4. The summed E-state index contributed by atoms with van der Waals surface area (Å²) >= 11 is 12.6. The SMILES string of the molecule is Cn1cc(SNc2nc(Cl)c(CC(F)(F)F)c(Cl)n2)cn1. The van der Waals surface area contributed by atoms with Gasteiger partial charge in [0.2, 0.25) is 5.95 Å². The van der Waals surface area contributed by atoms with Crippen LogP contribution in [-0.4, -0.2) is 25.9 Å². The van der Waals surface area contributed by atoms with Gasteiger partial charge in [0, 0.05) is 18.8 Å². The number of hydrogen-bond donors (Lipinski definition) is 1. The van der Waals surface area contributed by atoms with Crippen molar-refractivity contribution in [1.82, 2.24) is 19.7 Å². The van der Waals surface area contributed by atoms with Crippen LogP contribution in [0.3, 0.4) is 0 Å². The molecule has 5 nitrogen and oxygen atoms in total. The zero-order valence-corrected chi connectivity index (χ0v) is 12.8. The van der Waals surface area contributed by atoms with E-state index in [1.165, 1.54) is 0 Å². The summed E-state index contributed by atoms with van der Waals surface area (Å²) in [7, 11) is 1.75. The predicted octanol–water partition coefficient (Wildman–Crippen LogP) is 3.74. The monoisotopic (exact) mass is 357 g/mol. The van der Waals surface area contributed by atoms with Crippen LogP contribution in [0.2, 0.25) is 10.3 Å². The summed E-state index contributed by atoms with van der Waals surface area (Å²) < 4.78 is 41.4. The minimum absolute atomic E-state index is 0.0183.